The predicted molar refractivity (Wildman–Crippen MR) is 169 cm³/mol. The summed E-state index contributed by atoms with van der Waals surface area (Å²) in [6, 6.07) is 20.6. The molecule has 236 valence electrons. The van der Waals surface area contributed by atoms with E-state index in [2.05, 4.69) is 13.8 Å². The molecule has 2 aliphatic rings. The summed E-state index contributed by atoms with van der Waals surface area (Å²) in [5, 5.41) is 0. The maximum Gasteiger partial charge on any atom is 0.337 e. The van der Waals surface area contributed by atoms with Crippen LogP contribution in [0.1, 0.15) is 37.5 Å². The van der Waals surface area contributed by atoms with Crippen molar-refractivity contribution in [3.05, 3.63) is 119 Å². The third kappa shape index (κ3) is 7.09. The molecule has 2 atom stereocenters. The van der Waals surface area contributed by atoms with Gasteiger partial charge in [0.05, 0.1) is 31.6 Å². The summed E-state index contributed by atoms with van der Waals surface area (Å²) in [7, 11) is 1.90. The van der Waals surface area contributed by atoms with Crippen LogP contribution >= 0.6 is 0 Å². The fourth-order valence-corrected chi connectivity index (χ4v) is 5.74. The van der Waals surface area contributed by atoms with Crippen LogP contribution in [0.5, 0.6) is 5.75 Å². The van der Waals surface area contributed by atoms with Gasteiger partial charge in [0, 0.05) is 24.6 Å². The zero-order valence-electron chi connectivity index (χ0n) is 26.1. The molecule has 3 aromatic carbocycles. The number of hydrogen-bond acceptors (Lipinski definition) is 7. The third-order valence-corrected chi connectivity index (χ3v) is 7.75. The maximum atomic E-state index is 17.2. The summed E-state index contributed by atoms with van der Waals surface area (Å²) in [6.45, 7) is 7.11. The number of rotatable bonds is 12. The van der Waals surface area contributed by atoms with Gasteiger partial charge in [-0.2, -0.15) is 0 Å². The predicted octanol–water partition coefficient (Wildman–Crippen LogP) is 6.17. The third-order valence-electron chi connectivity index (χ3n) is 7.75. The lowest BCUT2D eigenvalue weighted by Crippen LogP contribution is -2.54. The molecule has 0 aromatic heterocycles. The number of esters is 1. The lowest BCUT2D eigenvalue weighted by molar-refractivity contribution is -0.151. The first-order chi connectivity index (χ1) is 21.7. The van der Waals surface area contributed by atoms with Gasteiger partial charge < -0.3 is 19.3 Å². The molecule has 2 unspecified atom stereocenters. The van der Waals surface area contributed by atoms with Crippen molar-refractivity contribution >= 4 is 17.4 Å². The number of benzene rings is 3. The molecule has 0 N–H and O–H groups in total. The van der Waals surface area contributed by atoms with Gasteiger partial charge in [0.15, 0.2) is 11.8 Å². The zero-order chi connectivity index (χ0) is 32.1. The smallest absolute Gasteiger partial charge is 0.337 e. The van der Waals surface area contributed by atoms with Gasteiger partial charge in [0.2, 0.25) is 0 Å². The van der Waals surface area contributed by atoms with Crippen LogP contribution in [-0.4, -0.2) is 65.5 Å². The van der Waals surface area contributed by atoms with Crippen molar-refractivity contribution in [2.24, 2.45) is 5.92 Å². The molecule has 5 rings (SSSR count). The van der Waals surface area contributed by atoms with Crippen LogP contribution in [0.2, 0.25) is 0 Å². The number of fused-ring (bicyclic) bond motifs is 1. The fraction of sp³-hybridized carbons (Fsp3) is 0.333. The van der Waals surface area contributed by atoms with Crippen molar-refractivity contribution in [1.82, 2.24) is 14.7 Å². The first kappa shape index (κ1) is 31.9. The van der Waals surface area contributed by atoms with E-state index in [0.717, 1.165) is 5.56 Å². The molecule has 7 nitrogen and oxygen atoms in total. The van der Waals surface area contributed by atoms with Crippen LogP contribution < -0.4 is 4.74 Å². The number of carbonyl (C=O) groups excluding carboxylic acids is 2. The highest BCUT2D eigenvalue weighted by Crippen LogP contribution is 2.43. The summed E-state index contributed by atoms with van der Waals surface area (Å²) in [5.74, 6) is -1.01. The quantitative estimate of drug-likeness (QED) is 0.178. The average Bonchev–Trinajstić information content (AvgIpc) is 3.37. The van der Waals surface area contributed by atoms with Crippen LogP contribution in [0.25, 0.3) is 5.70 Å². The first-order valence-electron chi connectivity index (χ1n) is 15.2. The summed E-state index contributed by atoms with van der Waals surface area (Å²) in [6.07, 6.45) is 1.27. The van der Waals surface area contributed by atoms with Crippen LogP contribution in [-0.2, 0) is 27.3 Å². The van der Waals surface area contributed by atoms with Gasteiger partial charge in [-0.1, -0.05) is 62.4 Å². The molecule has 2 heterocycles. The molecule has 0 amide bonds. The molecule has 9 heteroatoms. The normalized spacial score (nSPS) is 18.0. The van der Waals surface area contributed by atoms with E-state index in [-0.39, 0.29) is 31.0 Å². The number of halogens is 2. The molecule has 0 aliphatic carbocycles. The molecule has 3 aromatic rings. The van der Waals surface area contributed by atoms with Gasteiger partial charge in [-0.3, -0.25) is 9.69 Å². The molecule has 0 radical (unpaired) electrons. The Hall–Kier alpha value is -4.50. The molecular formula is C36H39F2N3O4. The van der Waals surface area contributed by atoms with Crippen LogP contribution in [0.3, 0.4) is 0 Å². The van der Waals surface area contributed by atoms with Crippen molar-refractivity contribution in [2.45, 2.75) is 45.8 Å². The minimum atomic E-state index is -1.39. The highest BCUT2D eigenvalue weighted by molar-refractivity contribution is 6.11. The Morgan fingerprint density at radius 2 is 1.67 bits per heavy atom. The summed E-state index contributed by atoms with van der Waals surface area (Å²) >= 11 is 0. The Balaban J connectivity index is 1.62. The van der Waals surface area contributed by atoms with Crippen molar-refractivity contribution in [1.29, 1.82) is 0 Å². The lowest BCUT2D eigenvalue weighted by atomic mass is 9.96. The summed E-state index contributed by atoms with van der Waals surface area (Å²) < 4.78 is 43.3. The molecule has 0 bridgehead atoms. The molecule has 2 aliphatic heterocycles. The Morgan fingerprint density at radius 3 is 2.33 bits per heavy atom. The van der Waals surface area contributed by atoms with Gasteiger partial charge in [-0.25, -0.2) is 13.6 Å². The number of nitrogens with zero attached hydrogens (tertiary/aromatic N) is 3. The Morgan fingerprint density at radius 1 is 0.978 bits per heavy atom. The standard InChI is InChI=1S/C36H39F2N3O4/c1-5-44-36(43)35-31(42)20-32-40(23-39(4)21-25-11-7-6-8-12-25)34(26-15-17-28(18-16-26)45-22-24(2)3)33(38)30(41(32)35)19-27-13-9-10-14-29(27)37/h6-18,20,24,30,35H,5,19,21-23H2,1-4H3. The van der Waals surface area contributed by atoms with Crippen molar-refractivity contribution in [3.8, 4) is 5.75 Å². The summed E-state index contributed by atoms with van der Waals surface area (Å²) in [4.78, 5) is 31.8. The largest absolute Gasteiger partial charge is 0.493 e. The van der Waals surface area contributed by atoms with Crippen LogP contribution in [0, 0.1) is 11.7 Å². The Kier molecular flexibility index (Phi) is 9.98. The molecule has 0 saturated carbocycles. The SMILES string of the molecule is CCOC(=O)C1C(=O)C=C2N(CN(C)Cc3ccccc3)C(c3ccc(OCC(C)C)cc3)=C(F)C(Cc3ccccc3F)N21. The molecule has 0 fully saturated rings. The van der Waals surface area contributed by atoms with E-state index in [1.165, 1.54) is 17.0 Å². The van der Waals surface area contributed by atoms with Gasteiger partial charge >= 0.3 is 5.97 Å². The second kappa shape index (κ2) is 14.1. The van der Waals surface area contributed by atoms with Crippen molar-refractivity contribution < 1.29 is 27.8 Å². The van der Waals surface area contributed by atoms with Crippen LogP contribution in [0.15, 0.2) is 96.6 Å². The molecule has 0 saturated heterocycles. The van der Waals surface area contributed by atoms with Gasteiger partial charge in [-0.05, 0) is 61.3 Å². The van der Waals surface area contributed by atoms with Crippen molar-refractivity contribution in [2.75, 3.05) is 26.9 Å². The van der Waals surface area contributed by atoms with E-state index in [1.807, 2.05) is 42.3 Å². The molecule has 0 spiro atoms. The van der Waals surface area contributed by atoms with E-state index in [0.29, 0.717) is 36.2 Å². The zero-order valence-corrected chi connectivity index (χ0v) is 26.1. The van der Waals surface area contributed by atoms with E-state index >= 15 is 4.39 Å². The lowest BCUT2D eigenvalue weighted by Gasteiger charge is -2.46. The minimum Gasteiger partial charge on any atom is -0.493 e. The second-order valence-electron chi connectivity index (χ2n) is 11.8. The molecular weight excluding hydrogens is 576 g/mol. The van der Waals surface area contributed by atoms with E-state index < -0.39 is 35.5 Å². The van der Waals surface area contributed by atoms with E-state index in [9.17, 15) is 14.0 Å². The van der Waals surface area contributed by atoms with Gasteiger partial charge in [0.25, 0.3) is 0 Å². The second-order valence-corrected chi connectivity index (χ2v) is 11.8. The Labute approximate surface area is 263 Å². The number of ketones is 1. The fourth-order valence-electron chi connectivity index (χ4n) is 5.74. The number of carbonyl (C=O) groups is 2. The van der Waals surface area contributed by atoms with Gasteiger partial charge in [0.1, 0.15) is 23.2 Å². The Bertz CT molecular complexity index is 1570. The highest BCUT2D eigenvalue weighted by atomic mass is 19.1. The number of hydrogen-bond donors (Lipinski definition) is 0. The minimum absolute atomic E-state index is 0.0576. The van der Waals surface area contributed by atoms with Crippen molar-refractivity contribution in [3.63, 3.8) is 0 Å². The number of ether oxygens (including phenoxy) is 2. The topological polar surface area (TPSA) is 62.3 Å². The van der Waals surface area contributed by atoms with Crippen LogP contribution in [0.4, 0.5) is 8.78 Å². The monoisotopic (exact) mass is 615 g/mol. The van der Waals surface area contributed by atoms with Gasteiger partial charge in [-0.15, -0.1) is 0 Å². The van der Waals surface area contributed by atoms with E-state index in [4.69, 9.17) is 9.47 Å². The van der Waals surface area contributed by atoms with E-state index in [1.54, 1.807) is 54.3 Å². The first-order valence-corrected chi connectivity index (χ1v) is 15.2. The highest BCUT2D eigenvalue weighted by Gasteiger charge is 2.50. The molecule has 45 heavy (non-hydrogen) atoms. The summed E-state index contributed by atoms with van der Waals surface area (Å²) in [5.41, 5.74) is 2.13. The maximum absolute atomic E-state index is 17.2. The average molecular weight is 616 g/mol.